The molecule has 1 aromatic heterocycles. The lowest BCUT2D eigenvalue weighted by Crippen LogP contribution is -2.59. The zero-order chi connectivity index (χ0) is 30.5. The van der Waals surface area contributed by atoms with Gasteiger partial charge in [-0.15, -0.1) is 5.10 Å². The fourth-order valence-corrected chi connectivity index (χ4v) is 7.90. The van der Waals surface area contributed by atoms with Crippen LogP contribution in [0.2, 0.25) is 0 Å². The lowest BCUT2D eigenvalue weighted by molar-refractivity contribution is -0.146. The first-order valence-electron chi connectivity index (χ1n) is 14.5. The van der Waals surface area contributed by atoms with Crippen molar-refractivity contribution >= 4 is 50.4 Å². The Kier molecular flexibility index (Phi) is 7.90. The molecule has 13 heteroatoms. The number of anilines is 1. The van der Waals surface area contributed by atoms with Crippen molar-refractivity contribution in [2.75, 3.05) is 18.5 Å². The first kappa shape index (κ1) is 29.5. The maximum Gasteiger partial charge on any atom is 0.247 e. The van der Waals surface area contributed by atoms with E-state index in [-0.39, 0.29) is 35.8 Å². The summed E-state index contributed by atoms with van der Waals surface area (Å²) in [5.41, 5.74) is 0.740. The highest BCUT2D eigenvalue weighted by Gasteiger charge is 2.77. The summed E-state index contributed by atoms with van der Waals surface area (Å²) in [5, 5.41) is 24.6. The minimum Gasteiger partial charge on any atom is -0.494 e. The minimum atomic E-state index is -1.26. The number of amides is 3. The van der Waals surface area contributed by atoms with Gasteiger partial charge in [0.1, 0.15) is 29.6 Å². The van der Waals surface area contributed by atoms with Gasteiger partial charge in [0.25, 0.3) is 0 Å². The van der Waals surface area contributed by atoms with Crippen molar-refractivity contribution < 1.29 is 29.0 Å². The first-order chi connectivity index (χ1) is 20.7. The Bertz CT molecular complexity index is 1530. The fraction of sp³-hybridized carbons (Fsp3) is 0.500. The molecule has 3 N–H and O–H groups in total. The highest BCUT2D eigenvalue weighted by Crippen LogP contribution is 2.60. The van der Waals surface area contributed by atoms with Gasteiger partial charge < -0.3 is 30.1 Å². The molecule has 2 bridgehead atoms. The molecule has 3 aliphatic heterocycles. The summed E-state index contributed by atoms with van der Waals surface area (Å²) in [6, 6.07) is 12.7. The molecule has 3 aromatic rings. The summed E-state index contributed by atoms with van der Waals surface area (Å²) in [7, 11) is 0. The van der Waals surface area contributed by atoms with Gasteiger partial charge in [-0.05, 0) is 55.7 Å². The van der Waals surface area contributed by atoms with Crippen LogP contribution in [0.25, 0.3) is 11.0 Å². The number of aromatic nitrogens is 3. The van der Waals surface area contributed by atoms with Gasteiger partial charge in [-0.1, -0.05) is 47.1 Å². The van der Waals surface area contributed by atoms with Crippen molar-refractivity contribution in [1.82, 2.24) is 25.2 Å². The van der Waals surface area contributed by atoms with Gasteiger partial charge in [0.15, 0.2) is 0 Å². The molecule has 2 aromatic carbocycles. The Labute approximate surface area is 257 Å². The number of likely N-dealkylation sites (tertiary alicyclic amines) is 1. The number of hydrogen-bond acceptors (Lipinski definition) is 8. The van der Waals surface area contributed by atoms with Crippen molar-refractivity contribution in [3.05, 3.63) is 48.5 Å². The molecule has 3 aliphatic rings. The van der Waals surface area contributed by atoms with Crippen molar-refractivity contribution in [3.63, 3.8) is 0 Å². The second-order valence-corrected chi connectivity index (χ2v) is 12.8. The topological polar surface area (TPSA) is 148 Å². The summed E-state index contributed by atoms with van der Waals surface area (Å²) in [6.07, 6.45) is -0.252. The SMILES string of the molecule is CCOc1ccc(NC(=O)[C@H]2[C@@H]3OC4(CC3Br)C(C(=O)NCn3nnc5ccccc53)N([C@@H](CO)C(C)C)C(=O)[C@H]24)cc1. The first-order valence-corrected chi connectivity index (χ1v) is 15.5. The lowest BCUT2D eigenvalue weighted by atomic mass is 9.70. The van der Waals surface area contributed by atoms with Crippen molar-refractivity contribution in [2.24, 2.45) is 17.8 Å². The molecule has 6 rings (SSSR count). The number of nitrogens with one attached hydrogen (secondary N) is 2. The molecule has 43 heavy (non-hydrogen) atoms. The van der Waals surface area contributed by atoms with Gasteiger partial charge in [-0.25, -0.2) is 4.68 Å². The number of hydrogen-bond donors (Lipinski definition) is 3. The van der Waals surface area contributed by atoms with Crippen LogP contribution in [-0.2, 0) is 25.8 Å². The Balaban J connectivity index is 1.31. The van der Waals surface area contributed by atoms with E-state index in [1.807, 2.05) is 45.0 Å². The highest BCUT2D eigenvalue weighted by molar-refractivity contribution is 9.09. The second kappa shape index (κ2) is 11.5. The van der Waals surface area contributed by atoms with Gasteiger partial charge in [0.05, 0.1) is 42.7 Å². The smallest absolute Gasteiger partial charge is 0.247 e. The van der Waals surface area contributed by atoms with E-state index < -0.39 is 41.5 Å². The van der Waals surface area contributed by atoms with E-state index in [4.69, 9.17) is 9.47 Å². The Morgan fingerprint density at radius 1 is 1.19 bits per heavy atom. The van der Waals surface area contributed by atoms with Gasteiger partial charge in [-0.2, -0.15) is 0 Å². The maximum absolute atomic E-state index is 14.3. The second-order valence-electron chi connectivity index (χ2n) is 11.6. The van der Waals surface area contributed by atoms with E-state index in [0.29, 0.717) is 30.0 Å². The number of rotatable bonds is 10. The van der Waals surface area contributed by atoms with Crippen LogP contribution in [0.15, 0.2) is 48.5 Å². The molecule has 4 heterocycles. The number of fused-ring (bicyclic) bond motifs is 2. The van der Waals surface area contributed by atoms with Gasteiger partial charge >= 0.3 is 0 Å². The molecule has 3 unspecified atom stereocenters. The maximum atomic E-state index is 14.3. The molecule has 3 saturated heterocycles. The lowest BCUT2D eigenvalue weighted by Gasteiger charge is -2.38. The van der Waals surface area contributed by atoms with Crippen LogP contribution in [0.5, 0.6) is 5.75 Å². The number of para-hydroxylation sites is 1. The standard InChI is InChI=1S/C30H35BrN6O6/c1-4-42-18-11-9-17(10-12-18)33-27(39)23-24-29(41)37(22(14-38)16(2)3)26(30(24)13-19(31)25(23)43-30)28(40)32-15-36-21-8-6-5-7-20(21)34-35-36/h5-12,16,19,22-26,38H,4,13-15H2,1-3H3,(H,32,40)(H,33,39)/t19?,22-,23+,24-,25+,26?,30?/m0/s1. The number of nitrogens with zero attached hydrogens (tertiary/aromatic N) is 4. The molecule has 12 nitrogen and oxygen atoms in total. The number of carbonyl (C=O) groups excluding carboxylic acids is 3. The highest BCUT2D eigenvalue weighted by atomic mass is 79.9. The predicted octanol–water partition coefficient (Wildman–Crippen LogP) is 2.31. The van der Waals surface area contributed by atoms with Crippen LogP contribution < -0.4 is 15.4 Å². The molecule has 228 valence electrons. The number of aliphatic hydroxyl groups is 1. The zero-order valence-corrected chi connectivity index (χ0v) is 25.7. The van der Waals surface area contributed by atoms with E-state index in [1.165, 1.54) is 4.90 Å². The third-order valence-corrected chi connectivity index (χ3v) is 9.69. The zero-order valence-electron chi connectivity index (χ0n) is 24.1. The number of halogens is 1. The third-order valence-electron chi connectivity index (χ3n) is 8.85. The van der Waals surface area contributed by atoms with E-state index in [2.05, 4.69) is 36.9 Å². The van der Waals surface area contributed by atoms with E-state index in [0.717, 1.165) is 5.52 Å². The Hall–Kier alpha value is -3.55. The van der Waals surface area contributed by atoms with Crippen LogP contribution in [0.3, 0.4) is 0 Å². The molecule has 0 radical (unpaired) electrons. The molecule has 3 amide bonds. The Morgan fingerprint density at radius 3 is 2.63 bits per heavy atom. The molecular weight excluding hydrogens is 620 g/mol. The van der Waals surface area contributed by atoms with E-state index in [9.17, 15) is 19.5 Å². The number of carbonyl (C=O) groups is 3. The van der Waals surface area contributed by atoms with Gasteiger partial charge in [-0.3, -0.25) is 14.4 Å². The molecular formula is C30H35BrN6O6. The Morgan fingerprint density at radius 2 is 1.93 bits per heavy atom. The average molecular weight is 656 g/mol. The molecule has 1 spiro atoms. The average Bonchev–Trinajstić information content (AvgIpc) is 3.71. The molecule has 7 atom stereocenters. The van der Waals surface area contributed by atoms with E-state index in [1.54, 1.807) is 28.9 Å². The van der Waals surface area contributed by atoms with Crippen LogP contribution >= 0.6 is 15.9 Å². The number of aliphatic hydroxyl groups excluding tert-OH is 1. The summed E-state index contributed by atoms with van der Waals surface area (Å²) in [4.78, 5) is 43.4. The third kappa shape index (κ3) is 4.87. The molecule has 0 aliphatic carbocycles. The number of benzene rings is 2. The quantitative estimate of drug-likeness (QED) is 0.282. The van der Waals surface area contributed by atoms with Crippen LogP contribution in [0.1, 0.15) is 27.2 Å². The summed E-state index contributed by atoms with van der Waals surface area (Å²) in [6.45, 7) is 5.87. The largest absolute Gasteiger partial charge is 0.494 e. The number of ether oxygens (including phenoxy) is 2. The fourth-order valence-electron chi connectivity index (χ4n) is 6.95. The minimum absolute atomic E-state index is 0.0208. The molecule has 3 fully saturated rings. The van der Waals surface area contributed by atoms with Crippen LogP contribution in [0.4, 0.5) is 5.69 Å². The summed E-state index contributed by atoms with van der Waals surface area (Å²) in [5.74, 6) is -2.39. The summed E-state index contributed by atoms with van der Waals surface area (Å²) < 4.78 is 13.6. The normalized spacial score (nSPS) is 28.4. The van der Waals surface area contributed by atoms with Crippen molar-refractivity contribution in [2.45, 2.75) is 62.5 Å². The molecule has 0 saturated carbocycles. The van der Waals surface area contributed by atoms with Gasteiger partial charge in [0, 0.05) is 10.5 Å². The van der Waals surface area contributed by atoms with Gasteiger partial charge in [0.2, 0.25) is 17.7 Å². The monoisotopic (exact) mass is 654 g/mol. The predicted molar refractivity (Wildman–Crippen MR) is 160 cm³/mol. The summed E-state index contributed by atoms with van der Waals surface area (Å²) >= 11 is 3.69. The van der Waals surface area contributed by atoms with E-state index >= 15 is 0 Å². The van der Waals surface area contributed by atoms with Crippen molar-refractivity contribution in [3.8, 4) is 5.75 Å². The van der Waals surface area contributed by atoms with Crippen LogP contribution in [0, 0.1) is 17.8 Å². The van der Waals surface area contributed by atoms with Crippen molar-refractivity contribution in [1.29, 1.82) is 0 Å². The van der Waals surface area contributed by atoms with Crippen LogP contribution in [-0.4, -0.2) is 84.6 Å². The number of alkyl halides is 1.